The van der Waals surface area contributed by atoms with Gasteiger partial charge in [0.15, 0.2) is 0 Å². The fraction of sp³-hybridized carbons (Fsp3) is 0.714. The molecule has 0 atom stereocenters. The van der Waals surface area contributed by atoms with Crippen LogP contribution in [0.1, 0.15) is 34.6 Å². The van der Waals surface area contributed by atoms with Gasteiger partial charge in [-0.2, -0.15) is 0 Å². The third-order valence-corrected chi connectivity index (χ3v) is 17.1. The van der Waals surface area contributed by atoms with Gasteiger partial charge in [-0.3, -0.25) is 0 Å². The summed E-state index contributed by atoms with van der Waals surface area (Å²) in [6, 6.07) is 0. The first-order valence-corrected chi connectivity index (χ1v) is 14.1. The summed E-state index contributed by atoms with van der Waals surface area (Å²) in [6.45, 7) is 13.5. The van der Waals surface area contributed by atoms with E-state index in [0.29, 0.717) is 0 Å². The zero-order valence-electron chi connectivity index (χ0n) is 11.6. The van der Waals surface area contributed by atoms with Crippen molar-refractivity contribution in [2.75, 3.05) is 13.1 Å². The van der Waals surface area contributed by atoms with Crippen LogP contribution in [0, 0.1) is 9.86 Å². The standard InChI is InChI=1S/C8H12N.3C2H5.Sn/c1-4-7-8-9(5-2)6-3;3*1-2;/h7-8H,5-6H2,2-3H3;3*1H2,2H3;. The van der Waals surface area contributed by atoms with Crippen molar-refractivity contribution >= 4 is 18.4 Å². The van der Waals surface area contributed by atoms with Crippen molar-refractivity contribution in [1.82, 2.24) is 4.90 Å². The molecule has 0 radical (unpaired) electrons. The summed E-state index contributed by atoms with van der Waals surface area (Å²) in [5, 5.41) is 0. The molecule has 0 aromatic rings. The molecule has 0 aliphatic carbocycles. The zero-order valence-corrected chi connectivity index (χ0v) is 14.5. The van der Waals surface area contributed by atoms with E-state index in [1.165, 1.54) is 13.3 Å². The van der Waals surface area contributed by atoms with Crippen molar-refractivity contribution in [3.63, 3.8) is 0 Å². The Bertz CT molecular complexity index is 243. The summed E-state index contributed by atoms with van der Waals surface area (Å²) >= 11 is -1.99. The molecule has 0 saturated carbocycles. The average molecular weight is 328 g/mol. The minimum absolute atomic E-state index is 1.07. The van der Waals surface area contributed by atoms with Crippen LogP contribution in [-0.2, 0) is 0 Å². The third kappa shape index (κ3) is 5.29. The van der Waals surface area contributed by atoms with Crippen LogP contribution in [0.15, 0.2) is 12.3 Å². The van der Waals surface area contributed by atoms with E-state index in [1.807, 2.05) is 6.08 Å². The Hall–Kier alpha value is -0.101. The van der Waals surface area contributed by atoms with E-state index in [-0.39, 0.29) is 0 Å². The van der Waals surface area contributed by atoms with E-state index < -0.39 is 18.4 Å². The van der Waals surface area contributed by atoms with E-state index in [1.54, 1.807) is 0 Å². The molecule has 0 amide bonds. The molecule has 0 spiro atoms. The molecule has 0 aromatic heterocycles. The Balaban J connectivity index is 4.47. The van der Waals surface area contributed by atoms with Crippen molar-refractivity contribution in [2.24, 2.45) is 0 Å². The van der Waals surface area contributed by atoms with Gasteiger partial charge in [-0.1, -0.05) is 0 Å². The van der Waals surface area contributed by atoms with Crippen LogP contribution < -0.4 is 0 Å². The van der Waals surface area contributed by atoms with Crippen LogP contribution in [-0.4, -0.2) is 36.4 Å². The normalized spacial score (nSPS) is 11.3. The predicted molar refractivity (Wildman–Crippen MR) is 77.0 cm³/mol. The second-order valence-electron chi connectivity index (χ2n) is 4.15. The molecular weight excluding hydrogens is 301 g/mol. The quantitative estimate of drug-likeness (QED) is 0.528. The molecule has 0 N–H and O–H groups in total. The van der Waals surface area contributed by atoms with E-state index >= 15 is 0 Å². The first-order chi connectivity index (χ1) is 7.67. The fourth-order valence-corrected chi connectivity index (χ4v) is 8.69. The van der Waals surface area contributed by atoms with E-state index in [0.717, 1.165) is 13.1 Å². The molecule has 0 aromatic carbocycles. The summed E-state index contributed by atoms with van der Waals surface area (Å²) in [6.07, 6.45) is 4.17. The van der Waals surface area contributed by atoms with Crippen LogP contribution in [0.2, 0.25) is 13.3 Å². The predicted octanol–water partition coefficient (Wildman–Crippen LogP) is 3.89. The Morgan fingerprint density at radius 1 is 0.938 bits per heavy atom. The number of allylic oxidation sites excluding steroid dienone is 1. The van der Waals surface area contributed by atoms with Crippen molar-refractivity contribution in [2.45, 2.75) is 47.9 Å². The van der Waals surface area contributed by atoms with Gasteiger partial charge in [0.1, 0.15) is 0 Å². The van der Waals surface area contributed by atoms with Gasteiger partial charge in [-0.05, 0) is 0 Å². The summed E-state index contributed by atoms with van der Waals surface area (Å²) in [7, 11) is 0. The maximum absolute atomic E-state index is 3.63. The van der Waals surface area contributed by atoms with E-state index in [4.69, 9.17) is 0 Å². The van der Waals surface area contributed by atoms with Gasteiger partial charge in [0.05, 0.1) is 0 Å². The van der Waals surface area contributed by atoms with Gasteiger partial charge in [0, 0.05) is 0 Å². The van der Waals surface area contributed by atoms with Gasteiger partial charge < -0.3 is 0 Å². The Morgan fingerprint density at radius 2 is 1.44 bits per heavy atom. The van der Waals surface area contributed by atoms with E-state index in [9.17, 15) is 0 Å². The molecule has 0 aliphatic rings. The zero-order chi connectivity index (χ0) is 12.4. The molecule has 1 nitrogen and oxygen atoms in total. The molecule has 0 unspecified atom stereocenters. The average Bonchev–Trinajstić information content (AvgIpc) is 2.35. The summed E-state index contributed by atoms with van der Waals surface area (Å²) < 4.78 is 7.70. The molecule has 0 heterocycles. The molecule has 0 saturated heterocycles. The van der Waals surface area contributed by atoms with Gasteiger partial charge in [-0.25, -0.2) is 0 Å². The summed E-state index contributed by atoms with van der Waals surface area (Å²) in [5.74, 6) is 3.30. The van der Waals surface area contributed by atoms with Crippen molar-refractivity contribution < 1.29 is 0 Å². The number of rotatable bonds is 6. The molecule has 16 heavy (non-hydrogen) atoms. The fourth-order valence-electron chi connectivity index (χ4n) is 1.79. The van der Waals surface area contributed by atoms with Crippen LogP contribution >= 0.6 is 0 Å². The second kappa shape index (κ2) is 8.98. The van der Waals surface area contributed by atoms with Gasteiger partial charge in [0.25, 0.3) is 0 Å². The molecule has 0 fully saturated rings. The molecule has 2 heteroatoms. The van der Waals surface area contributed by atoms with Gasteiger partial charge >= 0.3 is 106 Å². The Morgan fingerprint density at radius 3 is 1.81 bits per heavy atom. The van der Waals surface area contributed by atoms with Crippen LogP contribution in [0.25, 0.3) is 0 Å². The molecular formula is C14H27NSn. The Kier molecular flexibility index (Phi) is 8.93. The maximum atomic E-state index is 3.63. The molecule has 0 bridgehead atoms. The van der Waals surface area contributed by atoms with Crippen molar-refractivity contribution in [3.05, 3.63) is 12.3 Å². The van der Waals surface area contributed by atoms with Gasteiger partial charge in [-0.15, -0.1) is 0 Å². The molecule has 92 valence electrons. The van der Waals surface area contributed by atoms with Crippen molar-refractivity contribution in [3.8, 4) is 9.86 Å². The third-order valence-electron chi connectivity index (χ3n) is 3.55. The summed E-state index contributed by atoms with van der Waals surface area (Å²) in [5.41, 5.74) is 0. The topological polar surface area (TPSA) is 3.24 Å². The first kappa shape index (κ1) is 15.9. The van der Waals surface area contributed by atoms with Crippen LogP contribution in [0.5, 0.6) is 0 Å². The first-order valence-electron chi connectivity index (χ1n) is 6.61. The molecule has 0 aliphatic heterocycles. The number of nitrogens with zero attached hydrogens (tertiary/aromatic N) is 1. The minimum atomic E-state index is -1.99. The SMILES string of the molecule is CCN(C=CC#[C][Sn]([CH2]C)([CH2]C)[CH2]C)CC. The number of hydrogen-bond donors (Lipinski definition) is 0. The van der Waals surface area contributed by atoms with E-state index in [2.05, 4.69) is 55.6 Å². The summed E-state index contributed by atoms with van der Waals surface area (Å²) in [4.78, 5) is 2.27. The Labute approximate surface area is 106 Å². The monoisotopic (exact) mass is 329 g/mol. The second-order valence-corrected chi connectivity index (χ2v) is 18.2. The number of hydrogen-bond acceptors (Lipinski definition) is 1. The van der Waals surface area contributed by atoms with Crippen molar-refractivity contribution in [1.29, 1.82) is 0 Å². The van der Waals surface area contributed by atoms with Gasteiger partial charge in [0.2, 0.25) is 0 Å². The van der Waals surface area contributed by atoms with Crippen LogP contribution in [0.3, 0.4) is 0 Å². The van der Waals surface area contributed by atoms with Crippen LogP contribution in [0.4, 0.5) is 0 Å². The molecule has 0 rings (SSSR count).